The zero-order chi connectivity index (χ0) is 31.7. The van der Waals surface area contributed by atoms with Crippen molar-refractivity contribution in [2.24, 2.45) is 34.6 Å². The monoisotopic (exact) mass is 627 g/mol. The minimum atomic E-state index is -1.59. The Labute approximate surface area is 248 Å². The maximum absolute atomic E-state index is 11.2. The van der Waals surface area contributed by atoms with Crippen LogP contribution in [-0.4, -0.2) is 166 Å². The quantitative estimate of drug-likeness (QED) is 0.107. The molecule has 43 heavy (non-hydrogen) atoms. The summed E-state index contributed by atoms with van der Waals surface area (Å²) in [5, 5.41) is 73.2. The summed E-state index contributed by atoms with van der Waals surface area (Å²) < 4.78 is 35.1. The highest BCUT2D eigenvalue weighted by atomic mass is 16.8. The molecule has 0 bridgehead atoms. The van der Waals surface area contributed by atoms with Crippen molar-refractivity contribution in [2.45, 2.75) is 130 Å². The van der Waals surface area contributed by atoms with Crippen LogP contribution in [0.25, 0.3) is 0 Å². The molecule has 4 rings (SSSR count). The third-order valence-corrected chi connectivity index (χ3v) is 8.98. The van der Waals surface area contributed by atoms with Gasteiger partial charge in [-0.15, -0.1) is 0 Å². The van der Waals surface area contributed by atoms with Crippen molar-refractivity contribution in [3.8, 4) is 0 Å². The van der Waals surface area contributed by atoms with Gasteiger partial charge in [0.05, 0.1) is 43.6 Å². The minimum Gasteiger partial charge on any atom is -0.394 e. The van der Waals surface area contributed by atoms with Gasteiger partial charge in [-0.05, 0) is 12.8 Å². The fourth-order valence-corrected chi connectivity index (χ4v) is 6.31. The molecule has 1 saturated carbocycles. The van der Waals surface area contributed by atoms with Gasteiger partial charge in [-0.2, -0.15) is 0 Å². The van der Waals surface area contributed by atoms with Crippen molar-refractivity contribution in [2.75, 3.05) is 19.8 Å². The molecule has 252 valence electrons. The second-order valence-electron chi connectivity index (χ2n) is 11.8. The second-order valence-corrected chi connectivity index (χ2v) is 11.8. The Bertz CT molecular complexity index is 881. The van der Waals surface area contributed by atoms with Crippen LogP contribution in [0.15, 0.2) is 0 Å². The van der Waals surface area contributed by atoms with Crippen LogP contribution < -0.4 is 28.7 Å². The Kier molecular flexibility index (Phi) is 12.1. The number of hydrogen-bond acceptors (Lipinski definition) is 18. The molecule has 3 aliphatic heterocycles. The highest BCUT2D eigenvalue weighted by Crippen LogP contribution is 2.35. The van der Waals surface area contributed by atoms with Crippen molar-refractivity contribution in [3.05, 3.63) is 0 Å². The normalized spacial score (nSPS) is 52.8. The topological polar surface area (TPSA) is 327 Å². The highest BCUT2D eigenvalue weighted by Gasteiger charge is 2.54. The van der Waals surface area contributed by atoms with Crippen LogP contribution in [0.2, 0.25) is 0 Å². The smallest absolute Gasteiger partial charge is 0.187 e. The van der Waals surface area contributed by atoms with Gasteiger partial charge in [-0.3, -0.25) is 0 Å². The molecule has 0 amide bonds. The lowest BCUT2D eigenvalue weighted by molar-refractivity contribution is -0.305. The van der Waals surface area contributed by atoms with E-state index >= 15 is 0 Å². The maximum Gasteiger partial charge on any atom is 0.187 e. The molecule has 18 heteroatoms. The SMILES string of the molecule is CC[C@@H]1C(CO)O[C@H](O[C@@H]2C(N)C[C@@H](N)C(O)[C@H]2O[C@@H]2O[C@H](CO)[C@H](O[C@H]3O[C@@H](CN)[C@@H](O)C(O)C3N)C2O)C(N)[C@H]1O. The van der Waals surface area contributed by atoms with Crippen LogP contribution in [0.4, 0.5) is 0 Å². The predicted molar refractivity (Wildman–Crippen MR) is 144 cm³/mol. The van der Waals surface area contributed by atoms with Crippen LogP contribution in [-0.2, 0) is 28.4 Å². The summed E-state index contributed by atoms with van der Waals surface area (Å²) in [6, 6.07) is -3.93. The first-order valence-corrected chi connectivity index (χ1v) is 14.7. The molecular weight excluding hydrogens is 578 g/mol. The average Bonchev–Trinajstić information content (AvgIpc) is 3.29. The van der Waals surface area contributed by atoms with Gasteiger partial charge in [0, 0.05) is 24.5 Å². The van der Waals surface area contributed by atoms with Crippen molar-refractivity contribution >= 4 is 0 Å². The maximum atomic E-state index is 11.2. The molecule has 1 aliphatic carbocycles. The summed E-state index contributed by atoms with van der Waals surface area (Å²) in [5.74, 6) is -0.439. The summed E-state index contributed by atoms with van der Waals surface area (Å²) >= 11 is 0. The largest absolute Gasteiger partial charge is 0.394 e. The molecule has 4 fully saturated rings. The van der Waals surface area contributed by atoms with Gasteiger partial charge in [0.2, 0.25) is 0 Å². The number of aliphatic hydroxyl groups is 7. The molecule has 4 aliphatic rings. The number of nitrogens with two attached hydrogens (primary N) is 5. The molecule has 19 atom stereocenters. The number of rotatable bonds is 10. The summed E-state index contributed by atoms with van der Waals surface area (Å²) in [4.78, 5) is 0. The first-order chi connectivity index (χ1) is 20.4. The third kappa shape index (κ3) is 7.02. The fraction of sp³-hybridized carbons (Fsp3) is 1.00. The van der Waals surface area contributed by atoms with Crippen molar-refractivity contribution < 1.29 is 64.2 Å². The molecule has 0 aromatic heterocycles. The van der Waals surface area contributed by atoms with E-state index in [4.69, 9.17) is 57.1 Å². The lowest BCUT2D eigenvalue weighted by atomic mass is 9.83. The number of ether oxygens (including phenoxy) is 6. The van der Waals surface area contributed by atoms with E-state index in [1.54, 1.807) is 0 Å². The van der Waals surface area contributed by atoms with E-state index in [2.05, 4.69) is 0 Å². The molecule has 0 aromatic carbocycles. The van der Waals surface area contributed by atoms with E-state index in [0.29, 0.717) is 6.42 Å². The van der Waals surface area contributed by atoms with Crippen LogP contribution in [0, 0.1) is 5.92 Å². The van der Waals surface area contributed by atoms with Crippen molar-refractivity contribution in [1.29, 1.82) is 0 Å². The molecular formula is C25H49N5O13. The van der Waals surface area contributed by atoms with Crippen LogP contribution in [0.3, 0.4) is 0 Å². The lowest BCUT2D eigenvalue weighted by Crippen LogP contribution is -2.67. The standard InChI is InChI=1S/C25H49N5O13/c1-2-7-11(5-31)39-23(13(29)15(7)33)41-20-9(28)3-8(27)16(34)22(20)43-25-19(37)21(12(6-32)40-25)42-24-14(30)18(36)17(35)10(4-26)38-24/h7-25,31-37H,2-6,26-30H2,1H3/t7-,8-,9?,10+,11?,12-,13?,14?,15+,16?,17-,18?,19?,20-,21+,22-,23-,24-,25+/m1/s1. The number of aliphatic hydroxyl groups excluding tert-OH is 7. The van der Waals surface area contributed by atoms with Crippen LogP contribution >= 0.6 is 0 Å². The van der Waals surface area contributed by atoms with Crippen molar-refractivity contribution in [3.63, 3.8) is 0 Å². The Morgan fingerprint density at radius 1 is 0.605 bits per heavy atom. The van der Waals surface area contributed by atoms with Crippen LogP contribution in [0.5, 0.6) is 0 Å². The van der Waals surface area contributed by atoms with E-state index in [1.165, 1.54) is 0 Å². The molecule has 3 saturated heterocycles. The highest BCUT2D eigenvalue weighted by molar-refractivity contribution is 5.02. The van der Waals surface area contributed by atoms with E-state index in [-0.39, 0.29) is 13.0 Å². The molecule has 0 spiro atoms. The van der Waals surface area contributed by atoms with Gasteiger partial charge in [0.1, 0.15) is 48.8 Å². The summed E-state index contributed by atoms with van der Waals surface area (Å²) in [7, 11) is 0. The Morgan fingerprint density at radius 2 is 1.14 bits per heavy atom. The second kappa shape index (κ2) is 14.8. The van der Waals surface area contributed by atoms with E-state index in [0.717, 1.165) is 0 Å². The van der Waals surface area contributed by atoms with E-state index in [1.807, 2.05) is 6.92 Å². The number of hydrogen-bond donors (Lipinski definition) is 12. The molecule has 0 radical (unpaired) electrons. The Balaban J connectivity index is 1.50. The first-order valence-electron chi connectivity index (χ1n) is 14.7. The zero-order valence-corrected chi connectivity index (χ0v) is 24.0. The van der Waals surface area contributed by atoms with E-state index in [9.17, 15) is 35.7 Å². The molecule has 7 unspecified atom stereocenters. The summed E-state index contributed by atoms with van der Waals surface area (Å²) in [5.41, 5.74) is 30.3. The Hall–Kier alpha value is -0.720. The third-order valence-electron chi connectivity index (χ3n) is 8.98. The van der Waals surface area contributed by atoms with Gasteiger partial charge in [0.15, 0.2) is 18.9 Å². The van der Waals surface area contributed by atoms with E-state index < -0.39 is 129 Å². The van der Waals surface area contributed by atoms with Gasteiger partial charge >= 0.3 is 0 Å². The Morgan fingerprint density at radius 3 is 1.72 bits per heavy atom. The molecule has 17 N–H and O–H groups in total. The molecule has 0 aromatic rings. The summed E-state index contributed by atoms with van der Waals surface area (Å²) in [6.07, 6.45) is -17.0. The average molecular weight is 628 g/mol. The first kappa shape index (κ1) is 35.1. The predicted octanol–water partition coefficient (Wildman–Crippen LogP) is -7.20. The zero-order valence-electron chi connectivity index (χ0n) is 24.0. The van der Waals surface area contributed by atoms with Gasteiger partial charge in [0.25, 0.3) is 0 Å². The summed E-state index contributed by atoms with van der Waals surface area (Å²) in [6.45, 7) is 0.639. The van der Waals surface area contributed by atoms with Gasteiger partial charge < -0.3 is 92.8 Å². The molecule has 3 heterocycles. The molecule has 18 nitrogen and oxygen atoms in total. The van der Waals surface area contributed by atoms with Crippen LogP contribution in [0.1, 0.15) is 19.8 Å². The van der Waals surface area contributed by atoms with Crippen molar-refractivity contribution in [1.82, 2.24) is 0 Å². The fourth-order valence-electron chi connectivity index (χ4n) is 6.31. The van der Waals surface area contributed by atoms with Gasteiger partial charge in [-0.25, -0.2) is 0 Å². The van der Waals surface area contributed by atoms with Gasteiger partial charge in [-0.1, -0.05) is 6.92 Å². The lowest BCUT2D eigenvalue weighted by Gasteiger charge is -2.48. The minimum absolute atomic E-state index is 0.115.